The van der Waals surface area contributed by atoms with E-state index in [4.69, 9.17) is 0 Å². The second-order valence-electron chi connectivity index (χ2n) is 4.98. The zero-order valence-corrected chi connectivity index (χ0v) is 11.9. The fraction of sp³-hybridized carbons (Fsp3) is 0.500. The molecule has 19 heavy (non-hydrogen) atoms. The molecule has 0 aliphatic heterocycles. The van der Waals surface area contributed by atoms with Crippen LogP contribution in [0.5, 0.6) is 0 Å². The highest BCUT2D eigenvalue weighted by Crippen LogP contribution is 2.26. The predicted molar refractivity (Wildman–Crippen MR) is 77.0 cm³/mol. The molecular formula is C14H18N4S. The monoisotopic (exact) mass is 274 g/mol. The molecule has 4 nitrogen and oxygen atoms in total. The van der Waals surface area contributed by atoms with E-state index in [0.29, 0.717) is 6.04 Å². The minimum atomic E-state index is 0.696. The number of rotatable bonds is 4. The van der Waals surface area contributed by atoms with Crippen LogP contribution in [0.1, 0.15) is 36.3 Å². The molecule has 0 aromatic carbocycles. The van der Waals surface area contributed by atoms with E-state index in [0.717, 1.165) is 22.9 Å². The van der Waals surface area contributed by atoms with Gasteiger partial charge in [0.15, 0.2) is 0 Å². The van der Waals surface area contributed by atoms with Crippen molar-refractivity contribution in [2.75, 3.05) is 0 Å². The molecule has 0 amide bonds. The van der Waals surface area contributed by atoms with Crippen LogP contribution in [0.3, 0.4) is 0 Å². The van der Waals surface area contributed by atoms with Crippen LogP contribution in [-0.4, -0.2) is 21.0 Å². The third-order valence-electron chi connectivity index (χ3n) is 3.58. The van der Waals surface area contributed by atoms with Gasteiger partial charge in [0.25, 0.3) is 0 Å². The minimum Gasteiger partial charge on any atom is -0.309 e. The summed E-state index contributed by atoms with van der Waals surface area (Å²) in [5.74, 6) is 0. The number of hydrogen-bond donors (Lipinski definition) is 1. The maximum atomic E-state index is 4.60. The lowest BCUT2D eigenvalue weighted by Gasteiger charge is -2.10. The topological polar surface area (TPSA) is 50.7 Å². The zero-order valence-electron chi connectivity index (χ0n) is 11.1. The van der Waals surface area contributed by atoms with Crippen molar-refractivity contribution in [3.05, 3.63) is 29.2 Å². The lowest BCUT2D eigenvalue weighted by atomic mass is 10.2. The molecule has 1 aliphatic carbocycles. The standard InChI is InChI=1S/C14H18N4S/c1-10-13(9-17-11-4-2-3-5-11)19-14(18-10)12-8-15-6-7-16-12/h6-8,11,17H,2-5,9H2,1H3. The van der Waals surface area contributed by atoms with Crippen molar-refractivity contribution in [1.82, 2.24) is 20.3 Å². The van der Waals surface area contributed by atoms with Gasteiger partial charge in [-0.1, -0.05) is 12.8 Å². The summed E-state index contributed by atoms with van der Waals surface area (Å²) in [6.45, 7) is 3.00. The van der Waals surface area contributed by atoms with Gasteiger partial charge in [-0.25, -0.2) is 4.98 Å². The molecule has 1 saturated carbocycles. The van der Waals surface area contributed by atoms with Gasteiger partial charge in [-0.3, -0.25) is 9.97 Å². The highest BCUT2D eigenvalue weighted by molar-refractivity contribution is 7.15. The molecule has 2 aromatic rings. The number of nitrogens with one attached hydrogen (secondary N) is 1. The molecule has 2 aromatic heterocycles. The molecule has 0 unspecified atom stereocenters. The Bertz CT molecular complexity index is 532. The SMILES string of the molecule is Cc1nc(-c2cnccn2)sc1CNC1CCCC1. The van der Waals surface area contributed by atoms with Gasteiger partial charge < -0.3 is 5.32 Å². The Labute approximate surface area is 117 Å². The molecule has 1 aliphatic rings. The van der Waals surface area contributed by atoms with Crippen LogP contribution in [0.25, 0.3) is 10.7 Å². The van der Waals surface area contributed by atoms with Crippen molar-refractivity contribution in [1.29, 1.82) is 0 Å². The quantitative estimate of drug-likeness (QED) is 0.931. The molecule has 0 bridgehead atoms. The molecule has 1 N–H and O–H groups in total. The summed E-state index contributed by atoms with van der Waals surface area (Å²) in [4.78, 5) is 14.3. The summed E-state index contributed by atoms with van der Waals surface area (Å²) in [6.07, 6.45) is 10.5. The molecular weight excluding hydrogens is 256 g/mol. The Morgan fingerprint density at radius 3 is 2.89 bits per heavy atom. The van der Waals surface area contributed by atoms with Crippen molar-refractivity contribution in [3.63, 3.8) is 0 Å². The molecule has 0 saturated heterocycles. The number of hydrogen-bond acceptors (Lipinski definition) is 5. The second-order valence-corrected chi connectivity index (χ2v) is 6.06. The summed E-state index contributed by atoms with van der Waals surface area (Å²) < 4.78 is 0. The molecule has 5 heteroatoms. The smallest absolute Gasteiger partial charge is 0.144 e. The molecule has 0 atom stereocenters. The van der Waals surface area contributed by atoms with Gasteiger partial charge in [-0.05, 0) is 19.8 Å². The maximum Gasteiger partial charge on any atom is 0.144 e. The van der Waals surface area contributed by atoms with E-state index in [1.54, 1.807) is 29.9 Å². The summed E-state index contributed by atoms with van der Waals surface area (Å²) >= 11 is 1.72. The summed E-state index contributed by atoms with van der Waals surface area (Å²) in [6, 6.07) is 0.696. The van der Waals surface area contributed by atoms with Crippen molar-refractivity contribution >= 4 is 11.3 Å². The Balaban J connectivity index is 1.70. The van der Waals surface area contributed by atoms with E-state index in [-0.39, 0.29) is 0 Å². The first kappa shape index (κ1) is 12.7. The average molecular weight is 274 g/mol. The first-order chi connectivity index (χ1) is 9.33. The lowest BCUT2D eigenvalue weighted by Crippen LogP contribution is -2.25. The molecule has 3 rings (SSSR count). The molecule has 0 spiro atoms. The normalized spacial score (nSPS) is 16.1. The van der Waals surface area contributed by atoms with E-state index < -0.39 is 0 Å². The van der Waals surface area contributed by atoms with Crippen molar-refractivity contribution in [2.24, 2.45) is 0 Å². The molecule has 1 fully saturated rings. The Hall–Kier alpha value is -1.33. The Kier molecular flexibility index (Phi) is 3.84. The largest absolute Gasteiger partial charge is 0.309 e. The van der Waals surface area contributed by atoms with Crippen LogP contribution >= 0.6 is 11.3 Å². The molecule has 100 valence electrons. The fourth-order valence-corrected chi connectivity index (χ4v) is 3.45. The highest BCUT2D eigenvalue weighted by Gasteiger charge is 2.16. The first-order valence-corrected chi connectivity index (χ1v) is 7.60. The third kappa shape index (κ3) is 2.98. The highest BCUT2D eigenvalue weighted by atomic mass is 32.1. The Morgan fingerprint density at radius 2 is 2.16 bits per heavy atom. The molecule has 2 heterocycles. The summed E-state index contributed by atoms with van der Waals surface area (Å²) in [5, 5.41) is 4.60. The van der Waals surface area contributed by atoms with E-state index in [1.165, 1.54) is 30.6 Å². The first-order valence-electron chi connectivity index (χ1n) is 6.79. The van der Waals surface area contributed by atoms with Crippen LogP contribution in [0.15, 0.2) is 18.6 Å². The van der Waals surface area contributed by atoms with E-state index in [9.17, 15) is 0 Å². The van der Waals surface area contributed by atoms with Crippen molar-refractivity contribution in [2.45, 2.75) is 45.2 Å². The minimum absolute atomic E-state index is 0.696. The van der Waals surface area contributed by atoms with E-state index >= 15 is 0 Å². The van der Waals surface area contributed by atoms with Gasteiger partial charge in [0.2, 0.25) is 0 Å². The Morgan fingerprint density at radius 1 is 1.32 bits per heavy atom. The number of aryl methyl sites for hydroxylation is 1. The van der Waals surface area contributed by atoms with Crippen LogP contribution in [0.2, 0.25) is 0 Å². The number of aromatic nitrogens is 3. The predicted octanol–water partition coefficient (Wildman–Crippen LogP) is 2.94. The summed E-state index contributed by atoms with van der Waals surface area (Å²) in [7, 11) is 0. The van der Waals surface area contributed by atoms with Gasteiger partial charge in [0, 0.05) is 29.9 Å². The van der Waals surface area contributed by atoms with Crippen LogP contribution < -0.4 is 5.32 Å². The van der Waals surface area contributed by atoms with Crippen LogP contribution in [-0.2, 0) is 6.54 Å². The van der Waals surface area contributed by atoms with E-state index in [2.05, 4.69) is 27.2 Å². The van der Waals surface area contributed by atoms with Gasteiger partial charge in [0.1, 0.15) is 10.7 Å². The second kappa shape index (κ2) is 5.75. The van der Waals surface area contributed by atoms with Gasteiger partial charge >= 0.3 is 0 Å². The van der Waals surface area contributed by atoms with E-state index in [1.807, 2.05) is 0 Å². The van der Waals surface area contributed by atoms with Gasteiger partial charge in [-0.15, -0.1) is 11.3 Å². The average Bonchev–Trinajstić information content (AvgIpc) is 3.07. The van der Waals surface area contributed by atoms with Crippen LogP contribution in [0.4, 0.5) is 0 Å². The lowest BCUT2D eigenvalue weighted by molar-refractivity contribution is 0.526. The van der Waals surface area contributed by atoms with Gasteiger partial charge in [-0.2, -0.15) is 0 Å². The number of thiazole rings is 1. The fourth-order valence-electron chi connectivity index (χ4n) is 2.48. The maximum absolute atomic E-state index is 4.60. The zero-order chi connectivity index (χ0) is 13.1. The molecule has 0 radical (unpaired) electrons. The number of nitrogens with zero attached hydrogens (tertiary/aromatic N) is 3. The third-order valence-corrected chi connectivity index (χ3v) is 4.76. The van der Waals surface area contributed by atoms with Crippen molar-refractivity contribution < 1.29 is 0 Å². The summed E-state index contributed by atoms with van der Waals surface area (Å²) in [5.41, 5.74) is 1.97. The van der Waals surface area contributed by atoms with Gasteiger partial charge in [0.05, 0.1) is 11.9 Å². The van der Waals surface area contributed by atoms with Crippen molar-refractivity contribution in [3.8, 4) is 10.7 Å². The van der Waals surface area contributed by atoms with Crippen LogP contribution in [0, 0.1) is 6.92 Å².